The van der Waals surface area contributed by atoms with Crippen molar-refractivity contribution in [2.45, 2.75) is 19.1 Å². The maximum atomic E-state index is 12.8. The first-order valence-electron chi connectivity index (χ1n) is 5.37. The molecule has 1 aromatic carbocycles. The van der Waals surface area contributed by atoms with Crippen molar-refractivity contribution in [1.29, 1.82) is 0 Å². The molecule has 0 radical (unpaired) electrons. The maximum Gasteiger partial charge on any atom is 0.586 e. The van der Waals surface area contributed by atoms with Crippen molar-refractivity contribution in [3.63, 3.8) is 0 Å². The quantitative estimate of drug-likeness (QED) is 0.925. The summed E-state index contributed by atoms with van der Waals surface area (Å²) in [6.07, 6.45) is -1.10. The Morgan fingerprint density at radius 3 is 2.59 bits per heavy atom. The van der Waals surface area contributed by atoms with Gasteiger partial charge < -0.3 is 14.8 Å². The number of hydrogen-bond donors (Lipinski definition) is 1. The fourth-order valence-corrected chi connectivity index (χ4v) is 2.15. The normalized spacial score (nSPS) is 20.4. The molecule has 1 aromatic rings. The molecule has 2 aliphatic rings. The highest BCUT2D eigenvalue weighted by atomic mass is 79.9. The fourth-order valence-electron chi connectivity index (χ4n) is 1.68. The Labute approximate surface area is 105 Å². The van der Waals surface area contributed by atoms with Gasteiger partial charge >= 0.3 is 6.29 Å². The van der Waals surface area contributed by atoms with Gasteiger partial charge in [0.25, 0.3) is 0 Å². The Hall–Kier alpha value is -1.04. The molecule has 3 nitrogen and oxygen atoms in total. The van der Waals surface area contributed by atoms with Gasteiger partial charge in [0.15, 0.2) is 11.5 Å². The lowest BCUT2D eigenvalue weighted by Crippen LogP contribution is -2.25. The molecular formula is C11H10BrF2NO2. The zero-order chi connectivity index (χ0) is 12.0. The number of benzene rings is 1. The van der Waals surface area contributed by atoms with Crippen LogP contribution in [0, 0.1) is 5.92 Å². The molecule has 1 heterocycles. The van der Waals surface area contributed by atoms with Crippen LogP contribution in [0.5, 0.6) is 11.5 Å². The number of nitrogens with one attached hydrogen (secondary N) is 1. The van der Waals surface area contributed by atoms with Crippen LogP contribution in [0.4, 0.5) is 14.5 Å². The van der Waals surface area contributed by atoms with Gasteiger partial charge in [0, 0.05) is 23.2 Å². The number of halogens is 3. The van der Waals surface area contributed by atoms with E-state index < -0.39 is 6.29 Å². The molecule has 0 bridgehead atoms. The molecule has 3 rings (SSSR count). The van der Waals surface area contributed by atoms with Crippen LogP contribution >= 0.6 is 15.9 Å². The number of rotatable bonds is 3. The summed E-state index contributed by atoms with van der Waals surface area (Å²) in [6.45, 7) is 0.856. The molecule has 1 N–H and O–H groups in total. The standard InChI is InChI=1S/C11H10BrF2NO2/c12-7-3-9-10(17-11(13,14)16-9)4-8(7)15-5-6-1-2-6/h3-4,6,15H,1-2,5H2. The summed E-state index contributed by atoms with van der Waals surface area (Å²) in [6, 6.07) is 3.02. The van der Waals surface area contributed by atoms with Crippen molar-refractivity contribution >= 4 is 21.6 Å². The van der Waals surface area contributed by atoms with Crippen LogP contribution in [0.25, 0.3) is 0 Å². The highest BCUT2D eigenvalue weighted by Crippen LogP contribution is 2.45. The second-order valence-electron chi connectivity index (χ2n) is 4.27. The van der Waals surface area contributed by atoms with Crippen molar-refractivity contribution in [3.8, 4) is 11.5 Å². The molecule has 1 aliphatic heterocycles. The van der Waals surface area contributed by atoms with E-state index >= 15 is 0 Å². The van der Waals surface area contributed by atoms with E-state index in [1.807, 2.05) is 0 Å². The van der Waals surface area contributed by atoms with Gasteiger partial charge in [-0.1, -0.05) is 0 Å². The molecule has 6 heteroatoms. The van der Waals surface area contributed by atoms with E-state index in [9.17, 15) is 8.78 Å². The number of anilines is 1. The summed E-state index contributed by atoms with van der Waals surface area (Å²) in [5.41, 5.74) is 0.747. The molecule has 1 saturated carbocycles. The molecule has 1 aliphatic carbocycles. The van der Waals surface area contributed by atoms with Gasteiger partial charge in [0.1, 0.15) is 0 Å². The minimum atomic E-state index is -3.56. The Morgan fingerprint density at radius 1 is 1.29 bits per heavy atom. The van der Waals surface area contributed by atoms with Crippen molar-refractivity contribution in [2.24, 2.45) is 5.92 Å². The SMILES string of the molecule is FC1(F)Oc2cc(Br)c(NCC3CC3)cc2O1. The summed E-state index contributed by atoms with van der Waals surface area (Å²) in [7, 11) is 0. The summed E-state index contributed by atoms with van der Waals surface area (Å²) in [5, 5.41) is 3.20. The summed E-state index contributed by atoms with van der Waals surface area (Å²) < 4.78 is 35.1. The fraction of sp³-hybridized carbons (Fsp3) is 0.455. The van der Waals surface area contributed by atoms with Gasteiger partial charge in [-0.3, -0.25) is 0 Å². The monoisotopic (exact) mass is 305 g/mol. The topological polar surface area (TPSA) is 30.5 Å². The van der Waals surface area contributed by atoms with Crippen molar-refractivity contribution in [1.82, 2.24) is 0 Å². The number of hydrogen-bond acceptors (Lipinski definition) is 3. The maximum absolute atomic E-state index is 12.8. The van der Waals surface area contributed by atoms with Crippen molar-refractivity contribution < 1.29 is 18.3 Å². The highest BCUT2D eigenvalue weighted by Gasteiger charge is 2.43. The molecule has 0 atom stereocenters. The Bertz CT molecular complexity index is 463. The van der Waals surface area contributed by atoms with Gasteiger partial charge in [0.2, 0.25) is 0 Å². The summed E-state index contributed by atoms with van der Waals surface area (Å²) in [5.74, 6) is 0.823. The van der Waals surface area contributed by atoms with Crippen molar-refractivity contribution in [3.05, 3.63) is 16.6 Å². The Kier molecular flexibility index (Phi) is 2.43. The molecule has 0 amide bonds. The van der Waals surface area contributed by atoms with E-state index in [2.05, 4.69) is 30.7 Å². The molecule has 0 saturated heterocycles. The van der Waals surface area contributed by atoms with Gasteiger partial charge in [0.05, 0.1) is 5.69 Å². The zero-order valence-corrected chi connectivity index (χ0v) is 10.4. The predicted molar refractivity (Wildman–Crippen MR) is 61.6 cm³/mol. The van der Waals surface area contributed by atoms with E-state index in [1.165, 1.54) is 25.0 Å². The third kappa shape index (κ3) is 2.31. The van der Waals surface area contributed by atoms with E-state index in [-0.39, 0.29) is 11.5 Å². The second kappa shape index (κ2) is 3.73. The second-order valence-corrected chi connectivity index (χ2v) is 5.12. The Balaban J connectivity index is 1.81. The summed E-state index contributed by atoms with van der Waals surface area (Å²) in [4.78, 5) is 0. The first-order chi connectivity index (χ1) is 8.03. The molecule has 0 unspecified atom stereocenters. The minimum absolute atomic E-state index is 0.0545. The molecular weight excluding hydrogens is 296 g/mol. The lowest BCUT2D eigenvalue weighted by atomic mass is 10.2. The third-order valence-corrected chi connectivity index (χ3v) is 3.43. The van der Waals surface area contributed by atoms with Crippen LogP contribution in [0.2, 0.25) is 0 Å². The smallest absolute Gasteiger partial charge is 0.395 e. The minimum Gasteiger partial charge on any atom is -0.395 e. The van der Waals surface area contributed by atoms with Crippen LogP contribution < -0.4 is 14.8 Å². The van der Waals surface area contributed by atoms with Gasteiger partial charge in [-0.15, -0.1) is 8.78 Å². The molecule has 17 heavy (non-hydrogen) atoms. The number of fused-ring (bicyclic) bond motifs is 1. The van der Waals surface area contributed by atoms with Crippen LogP contribution in [0.15, 0.2) is 16.6 Å². The van der Waals surface area contributed by atoms with Crippen LogP contribution in [0.1, 0.15) is 12.8 Å². The van der Waals surface area contributed by atoms with Crippen LogP contribution in [0.3, 0.4) is 0 Å². The first-order valence-corrected chi connectivity index (χ1v) is 6.16. The van der Waals surface area contributed by atoms with E-state index in [0.29, 0.717) is 10.4 Å². The highest BCUT2D eigenvalue weighted by molar-refractivity contribution is 9.10. The van der Waals surface area contributed by atoms with Crippen molar-refractivity contribution in [2.75, 3.05) is 11.9 Å². The van der Waals surface area contributed by atoms with E-state index in [4.69, 9.17) is 0 Å². The molecule has 0 aromatic heterocycles. The van der Waals surface area contributed by atoms with E-state index in [0.717, 1.165) is 12.2 Å². The van der Waals surface area contributed by atoms with E-state index in [1.54, 1.807) is 0 Å². The van der Waals surface area contributed by atoms with Gasteiger partial charge in [-0.05, 0) is 34.7 Å². The average Bonchev–Trinajstić information content (AvgIpc) is 2.98. The molecule has 1 fully saturated rings. The Morgan fingerprint density at radius 2 is 1.94 bits per heavy atom. The lowest BCUT2D eigenvalue weighted by molar-refractivity contribution is -0.286. The predicted octanol–water partition coefficient (Wildman–Crippen LogP) is 3.59. The first kappa shape index (κ1) is 11.1. The zero-order valence-electron chi connectivity index (χ0n) is 8.80. The largest absolute Gasteiger partial charge is 0.586 e. The molecule has 0 spiro atoms. The lowest BCUT2D eigenvalue weighted by Gasteiger charge is -2.08. The number of ether oxygens (including phenoxy) is 2. The third-order valence-electron chi connectivity index (χ3n) is 2.77. The number of alkyl halides is 2. The molecule has 92 valence electrons. The summed E-state index contributed by atoms with van der Waals surface area (Å²) >= 11 is 3.31. The van der Waals surface area contributed by atoms with Gasteiger partial charge in [-0.2, -0.15) is 0 Å². The van der Waals surface area contributed by atoms with Gasteiger partial charge in [-0.25, -0.2) is 0 Å². The average molecular weight is 306 g/mol. The van der Waals surface area contributed by atoms with Crippen LogP contribution in [-0.2, 0) is 0 Å². The van der Waals surface area contributed by atoms with Crippen LogP contribution in [-0.4, -0.2) is 12.8 Å².